The van der Waals surface area contributed by atoms with Gasteiger partial charge in [-0.05, 0) is 78.8 Å². The van der Waals surface area contributed by atoms with Gasteiger partial charge >= 0.3 is 0 Å². The first-order valence-electron chi connectivity index (χ1n) is 10.0. The van der Waals surface area contributed by atoms with Gasteiger partial charge in [-0.15, -0.1) is 11.8 Å². The molecule has 158 valence electrons. The zero-order valence-corrected chi connectivity index (χ0v) is 19.5. The molecular weight excluding hydrogens is 446 g/mol. The zero-order chi connectivity index (χ0) is 21.6. The molecule has 4 rings (SSSR count). The van der Waals surface area contributed by atoms with E-state index >= 15 is 0 Å². The van der Waals surface area contributed by atoms with Crippen LogP contribution >= 0.6 is 34.7 Å². The van der Waals surface area contributed by atoms with E-state index in [1.807, 2.05) is 47.4 Å². The van der Waals surface area contributed by atoms with Crippen LogP contribution in [0.3, 0.4) is 0 Å². The molecule has 4 nitrogen and oxygen atoms in total. The van der Waals surface area contributed by atoms with Crippen LogP contribution < -0.4 is 4.90 Å². The van der Waals surface area contributed by atoms with E-state index in [2.05, 4.69) is 24.0 Å². The van der Waals surface area contributed by atoms with E-state index in [4.69, 9.17) is 16.6 Å². The molecule has 0 radical (unpaired) electrons. The van der Waals surface area contributed by atoms with Crippen LogP contribution in [0.15, 0.2) is 71.9 Å². The normalized spacial score (nSPS) is 11.0. The summed E-state index contributed by atoms with van der Waals surface area (Å²) in [6.07, 6.45) is 4.77. The number of hydrogen-bond acceptors (Lipinski definition) is 5. The van der Waals surface area contributed by atoms with E-state index < -0.39 is 0 Å². The Morgan fingerprint density at radius 1 is 1.10 bits per heavy atom. The maximum atomic E-state index is 13.2. The number of hydrogen-bond donors (Lipinski definition) is 0. The molecule has 4 aromatic rings. The van der Waals surface area contributed by atoms with Crippen molar-refractivity contribution in [3.8, 4) is 0 Å². The Hall–Kier alpha value is -2.41. The molecule has 0 saturated carbocycles. The Balaban J connectivity index is 1.46. The van der Waals surface area contributed by atoms with Crippen molar-refractivity contribution in [1.29, 1.82) is 0 Å². The van der Waals surface area contributed by atoms with E-state index in [9.17, 15) is 4.79 Å². The number of carbonyl (C=O) groups is 1. The highest BCUT2D eigenvalue weighted by atomic mass is 35.5. The van der Waals surface area contributed by atoms with Gasteiger partial charge in [-0.2, -0.15) is 0 Å². The Kier molecular flexibility index (Phi) is 7.22. The summed E-state index contributed by atoms with van der Waals surface area (Å²) in [5.41, 5.74) is 3.15. The monoisotopic (exact) mass is 467 g/mol. The molecule has 0 unspecified atom stereocenters. The molecule has 0 saturated heterocycles. The van der Waals surface area contributed by atoms with Crippen molar-refractivity contribution in [2.45, 2.75) is 31.2 Å². The van der Waals surface area contributed by atoms with Crippen molar-refractivity contribution < 1.29 is 4.79 Å². The highest BCUT2D eigenvalue weighted by Gasteiger charge is 2.20. The topological polar surface area (TPSA) is 46.1 Å². The summed E-state index contributed by atoms with van der Waals surface area (Å²) in [7, 11) is 0. The van der Waals surface area contributed by atoms with Crippen molar-refractivity contribution in [3.63, 3.8) is 0 Å². The Morgan fingerprint density at radius 3 is 2.65 bits per heavy atom. The summed E-state index contributed by atoms with van der Waals surface area (Å²) in [4.78, 5) is 25.0. The number of thioether (sulfide) groups is 1. The van der Waals surface area contributed by atoms with Crippen molar-refractivity contribution >= 4 is 56.0 Å². The van der Waals surface area contributed by atoms with Crippen LogP contribution in [0.5, 0.6) is 0 Å². The summed E-state index contributed by atoms with van der Waals surface area (Å²) in [5.74, 6) is 0.958. The predicted molar refractivity (Wildman–Crippen MR) is 131 cm³/mol. The minimum Gasteiger partial charge on any atom is -0.284 e. The van der Waals surface area contributed by atoms with Gasteiger partial charge in [0.25, 0.3) is 0 Å². The largest absolute Gasteiger partial charge is 0.284 e. The van der Waals surface area contributed by atoms with Crippen molar-refractivity contribution in [2.24, 2.45) is 0 Å². The van der Waals surface area contributed by atoms with Crippen molar-refractivity contribution in [2.75, 3.05) is 10.7 Å². The molecule has 1 amide bonds. The number of aromatic nitrogens is 2. The number of fused-ring (bicyclic) bond motifs is 1. The third kappa shape index (κ3) is 5.85. The molecule has 2 aromatic carbocycles. The number of carbonyl (C=O) groups excluding carboxylic acids is 1. The van der Waals surface area contributed by atoms with Crippen LogP contribution in [0.2, 0.25) is 5.02 Å². The maximum Gasteiger partial charge on any atom is 0.229 e. The van der Waals surface area contributed by atoms with Gasteiger partial charge in [-0.1, -0.05) is 29.0 Å². The fraction of sp³-hybridized carbons (Fsp3) is 0.208. The van der Waals surface area contributed by atoms with Crippen LogP contribution in [0.1, 0.15) is 24.0 Å². The molecule has 0 bridgehead atoms. The van der Waals surface area contributed by atoms with E-state index in [0.29, 0.717) is 13.0 Å². The van der Waals surface area contributed by atoms with Crippen molar-refractivity contribution in [3.05, 3.63) is 83.1 Å². The molecule has 7 heteroatoms. The van der Waals surface area contributed by atoms with Crippen LogP contribution in [0.4, 0.5) is 5.13 Å². The lowest BCUT2D eigenvalue weighted by Crippen LogP contribution is -2.30. The number of benzene rings is 2. The zero-order valence-electron chi connectivity index (χ0n) is 17.1. The molecule has 0 spiro atoms. The number of amides is 1. The predicted octanol–water partition coefficient (Wildman–Crippen LogP) is 6.76. The summed E-state index contributed by atoms with van der Waals surface area (Å²) in [5, 5.41) is 1.48. The molecular formula is C24H22ClN3OS2. The Bertz CT molecular complexity index is 1160. The summed E-state index contributed by atoms with van der Waals surface area (Å²) in [6.45, 7) is 2.56. The number of rotatable bonds is 8. The number of thiazole rings is 1. The SMILES string of the molecule is Cc1ccc2nc(N(Cc3ccncc3)C(=O)CCCSc3ccc(Cl)cc3)sc2c1. The third-order valence-electron chi connectivity index (χ3n) is 4.77. The minimum absolute atomic E-state index is 0.0873. The van der Waals surface area contributed by atoms with Crippen molar-refractivity contribution in [1.82, 2.24) is 9.97 Å². The standard InChI is InChI=1S/C24H22ClN3OS2/c1-17-4-9-21-22(15-17)31-24(27-21)28(16-18-10-12-26-13-11-18)23(29)3-2-14-30-20-7-5-19(25)6-8-20/h4-13,15H,2-3,14,16H2,1H3. The van der Waals surface area contributed by atoms with Gasteiger partial charge in [-0.3, -0.25) is 14.7 Å². The van der Waals surface area contributed by atoms with Gasteiger partial charge in [0.05, 0.1) is 16.8 Å². The summed E-state index contributed by atoms with van der Waals surface area (Å²) in [6, 6.07) is 17.9. The van der Waals surface area contributed by atoms with Gasteiger partial charge in [-0.25, -0.2) is 4.98 Å². The van der Waals surface area contributed by atoms with Crippen LogP contribution in [0.25, 0.3) is 10.2 Å². The molecule has 0 fully saturated rings. The highest BCUT2D eigenvalue weighted by molar-refractivity contribution is 7.99. The first kappa shape index (κ1) is 21.8. The number of nitrogens with zero attached hydrogens (tertiary/aromatic N) is 3. The molecule has 0 aliphatic heterocycles. The fourth-order valence-electron chi connectivity index (χ4n) is 3.15. The van der Waals surface area contributed by atoms with E-state index in [0.717, 1.165) is 43.0 Å². The van der Waals surface area contributed by atoms with Gasteiger partial charge < -0.3 is 0 Å². The average Bonchev–Trinajstić information content (AvgIpc) is 3.19. The second-order valence-electron chi connectivity index (χ2n) is 7.21. The van der Waals surface area contributed by atoms with E-state index in [-0.39, 0.29) is 5.91 Å². The molecule has 2 heterocycles. The molecule has 0 N–H and O–H groups in total. The number of anilines is 1. The summed E-state index contributed by atoms with van der Waals surface area (Å²) < 4.78 is 1.10. The summed E-state index contributed by atoms with van der Waals surface area (Å²) >= 11 is 9.25. The second-order valence-corrected chi connectivity index (χ2v) is 9.82. The smallest absolute Gasteiger partial charge is 0.229 e. The average molecular weight is 468 g/mol. The lowest BCUT2D eigenvalue weighted by molar-refractivity contribution is -0.118. The lowest BCUT2D eigenvalue weighted by atomic mass is 10.2. The highest BCUT2D eigenvalue weighted by Crippen LogP contribution is 2.31. The van der Waals surface area contributed by atoms with Gasteiger partial charge in [0.15, 0.2) is 5.13 Å². The Labute approximate surface area is 195 Å². The molecule has 0 aliphatic rings. The first-order valence-corrected chi connectivity index (χ1v) is 12.2. The van der Waals surface area contributed by atoms with Gasteiger partial charge in [0.1, 0.15) is 0 Å². The number of halogens is 1. The third-order valence-corrected chi connectivity index (χ3v) is 7.16. The molecule has 0 aliphatic carbocycles. The first-order chi connectivity index (χ1) is 15.1. The molecule has 2 aromatic heterocycles. The number of pyridine rings is 1. The quantitative estimate of drug-likeness (QED) is 0.212. The minimum atomic E-state index is 0.0873. The second kappa shape index (κ2) is 10.3. The maximum absolute atomic E-state index is 13.2. The van der Waals surface area contributed by atoms with Crippen LogP contribution in [0, 0.1) is 6.92 Å². The van der Waals surface area contributed by atoms with Gasteiger partial charge in [0, 0.05) is 28.7 Å². The van der Waals surface area contributed by atoms with Crippen LogP contribution in [-0.2, 0) is 11.3 Å². The number of aryl methyl sites for hydroxylation is 1. The van der Waals surface area contributed by atoms with Gasteiger partial charge in [0.2, 0.25) is 5.91 Å². The Morgan fingerprint density at radius 2 is 1.87 bits per heavy atom. The lowest BCUT2D eigenvalue weighted by Gasteiger charge is -2.20. The van der Waals surface area contributed by atoms with E-state index in [1.54, 1.807) is 35.5 Å². The fourth-order valence-corrected chi connectivity index (χ4v) is 5.21. The van der Waals surface area contributed by atoms with E-state index in [1.165, 1.54) is 5.56 Å². The molecule has 31 heavy (non-hydrogen) atoms. The van der Waals surface area contributed by atoms with Crippen LogP contribution in [-0.4, -0.2) is 21.6 Å². The molecule has 0 atom stereocenters.